The lowest BCUT2D eigenvalue weighted by molar-refractivity contribution is 0.0187. The lowest BCUT2D eigenvalue weighted by Crippen LogP contribution is -2.27. The van der Waals surface area contributed by atoms with Crippen molar-refractivity contribution in [2.45, 2.75) is 39.0 Å². The maximum Gasteiger partial charge on any atom is 0.409 e. The van der Waals surface area contributed by atoms with Gasteiger partial charge in [-0.25, -0.2) is 4.79 Å². The molecule has 0 bridgehead atoms. The molecule has 2 aliphatic rings. The third kappa shape index (κ3) is 1.35. The second-order valence-corrected chi connectivity index (χ2v) is 4.66. The molecule has 1 atom stereocenters. The number of nitrogens with zero attached hydrogens (tertiary/aromatic N) is 2. The van der Waals surface area contributed by atoms with Crippen LogP contribution in [0, 0.1) is 6.92 Å². The number of hydrogen-bond donors (Lipinski definition) is 2. The summed E-state index contributed by atoms with van der Waals surface area (Å²) >= 11 is 0. The van der Waals surface area contributed by atoms with Crippen molar-refractivity contribution in [3.05, 3.63) is 28.1 Å². The summed E-state index contributed by atoms with van der Waals surface area (Å²) in [4.78, 5) is 16.4. The molecule has 0 saturated heterocycles. The highest BCUT2D eigenvalue weighted by Crippen LogP contribution is 2.38. The maximum absolute atomic E-state index is 11.0. The summed E-state index contributed by atoms with van der Waals surface area (Å²) in [5, 5.41) is 19.0. The Bertz CT molecular complexity index is 513. The Morgan fingerprint density at radius 2 is 2.06 bits per heavy atom. The van der Waals surface area contributed by atoms with Crippen molar-refractivity contribution in [2.75, 3.05) is 0 Å². The lowest BCUT2D eigenvalue weighted by Gasteiger charge is -2.15. The predicted molar refractivity (Wildman–Crippen MR) is 59.5 cm³/mol. The van der Waals surface area contributed by atoms with Gasteiger partial charge in [0.2, 0.25) is 0 Å². The summed E-state index contributed by atoms with van der Waals surface area (Å²) in [5.74, 6) is 0. The average Bonchev–Trinajstić information content (AvgIpc) is 2.85. The minimum atomic E-state index is -1.10. The SMILES string of the molecule is Cc1nc2c(c3c1CCC3)CN(C(=O)O)C2O. The van der Waals surface area contributed by atoms with E-state index in [1.165, 1.54) is 11.1 Å². The number of fused-ring (bicyclic) bond motifs is 3. The molecule has 5 heteroatoms. The Morgan fingerprint density at radius 1 is 1.35 bits per heavy atom. The van der Waals surface area contributed by atoms with Crippen LogP contribution in [0.2, 0.25) is 0 Å². The summed E-state index contributed by atoms with van der Waals surface area (Å²) in [6, 6.07) is 0. The highest BCUT2D eigenvalue weighted by molar-refractivity contribution is 5.67. The van der Waals surface area contributed by atoms with Crippen molar-refractivity contribution in [1.29, 1.82) is 0 Å². The Hall–Kier alpha value is -1.62. The third-order valence-electron chi connectivity index (χ3n) is 3.73. The number of aryl methyl sites for hydroxylation is 1. The molecule has 2 N–H and O–H groups in total. The van der Waals surface area contributed by atoms with Crippen LogP contribution in [-0.4, -0.2) is 26.2 Å². The minimum Gasteiger partial charge on any atom is -0.465 e. The van der Waals surface area contributed by atoms with Gasteiger partial charge in [0.05, 0.1) is 12.2 Å². The first kappa shape index (κ1) is 10.5. The van der Waals surface area contributed by atoms with Crippen molar-refractivity contribution >= 4 is 6.09 Å². The highest BCUT2D eigenvalue weighted by Gasteiger charge is 2.37. The third-order valence-corrected chi connectivity index (χ3v) is 3.73. The number of carbonyl (C=O) groups is 1. The lowest BCUT2D eigenvalue weighted by atomic mass is 10.0. The average molecular weight is 234 g/mol. The first-order valence-electron chi connectivity index (χ1n) is 5.78. The Kier molecular flexibility index (Phi) is 2.13. The van der Waals surface area contributed by atoms with E-state index in [1.54, 1.807) is 0 Å². The van der Waals surface area contributed by atoms with E-state index in [4.69, 9.17) is 5.11 Å². The first-order chi connectivity index (χ1) is 8.09. The molecular formula is C12H14N2O3. The zero-order chi connectivity index (χ0) is 12.2. The molecule has 1 aromatic heterocycles. The van der Waals surface area contributed by atoms with Crippen LogP contribution in [0.3, 0.4) is 0 Å². The van der Waals surface area contributed by atoms with Crippen LogP contribution in [0.4, 0.5) is 4.79 Å². The van der Waals surface area contributed by atoms with Gasteiger partial charge in [0.1, 0.15) is 0 Å². The summed E-state index contributed by atoms with van der Waals surface area (Å²) in [6.45, 7) is 2.20. The van der Waals surface area contributed by atoms with Crippen LogP contribution >= 0.6 is 0 Å². The van der Waals surface area contributed by atoms with E-state index < -0.39 is 12.3 Å². The van der Waals surface area contributed by atoms with Gasteiger partial charge >= 0.3 is 6.09 Å². The Balaban J connectivity index is 2.14. The van der Waals surface area contributed by atoms with E-state index in [0.29, 0.717) is 5.69 Å². The second-order valence-electron chi connectivity index (χ2n) is 4.66. The zero-order valence-corrected chi connectivity index (χ0v) is 9.60. The normalized spacial score (nSPS) is 21.5. The molecule has 1 aromatic rings. The number of aromatic nitrogens is 1. The predicted octanol–water partition coefficient (Wildman–Crippen LogP) is 1.36. The molecule has 17 heavy (non-hydrogen) atoms. The van der Waals surface area contributed by atoms with E-state index in [-0.39, 0.29) is 6.54 Å². The van der Waals surface area contributed by atoms with Crippen molar-refractivity contribution < 1.29 is 15.0 Å². The Morgan fingerprint density at radius 3 is 2.76 bits per heavy atom. The molecule has 90 valence electrons. The molecule has 0 radical (unpaired) electrons. The van der Waals surface area contributed by atoms with E-state index >= 15 is 0 Å². The molecule has 0 spiro atoms. The summed E-state index contributed by atoms with van der Waals surface area (Å²) in [5.41, 5.74) is 4.87. The van der Waals surface area contributed by atoms with Gasteiger partial charge < -0.3 is 10.2 Å². The van der Waals surface area contributed by atoms with Gasteiger partial charge in [-0.2, -0.15) is 0 Å². The fraction of sp³-hybridized carbons (Fsp3) is 0.500. The molecule has 1 aliphatic heterocycles. The van der Waals surface area contributed by atoms with Crippen molar-refractivity contribution in [3.8, 4) is 0 Å². The molecule has 0 saturated carbocycles. The summed E-state index contributed by atoms with van der Waals surface area (Å²) in [6.07, 6.45) is 0.885. The van der Waals surface area contributed by atoms with Crippen molar-refractivity contribution in [1.82, 2.24) is 9.88 Å². The van der Waals surface area contributed by atoms with Crippen LogP contribution in [0.1, 0.15) is 40.7 Å². The van der Waals surface area contributed by atoms with Gasteiger partial charge in [-0.05, 0) is 37.3 Å². The Labute approximate surface area is 98.7 Å². The summed E-state index contributed by atoms with van der Waals surface area (Å²) < 4.78 is 0. The smallest absolute Gasteiger partial charge is 0.409 e. The number of pyridine rings is 1. The molecule has 5 nitrogen and oxygen atoms in total. The van der Waals surface area contributed by atoms with Gasteiger partial charge in [-0.3, -0.25) is 9.88 Å². The largest absolute Gasteiger partial charge is 0.465 e. The quantitative estimate of drug-likeness (QED) is 0.711. The standard InChI is InChI=1S/C12H14N2O3/c1-6-7-3-2-4-8(7)9-5-14(12(16)17)11(15)10(9)13-6/h11,15H,2-5H2,1H3,(H,16,17). The van der Waals surface area contributed by atoms with Gasteiger partial charge in [-0.1, -0.05) is 0 Å². The fourth-order valence-corrected chi connectivity index (χ4v) is 2.91. The van der Waals surface area contributed by atoms with E-state index in [0.717, 1.165) is 35.4 Å². The molecule has 1 aliphatic carbocycles. The number of aliphatic hydroxyl groups excluding tert-OH is 1. The van der Waals surface area contributed by atoms with E-state index in [9.17, 15) is 9.90 Å². The topological polar surface area (TPSA) is 73.7 Å². The van der Waals surface area contributed by atoms with Crippen LogP contribution in [0.15, 0.2) is 0 Å². The molecule has 2 heterocycles. The molecular weight excluding hydrogens is 220 g/mol. The monoisotopic (exact) mass is 234 g/mol. The number of rotatable bonds is 0. The first-order valence-corrected chi connectivity index (χ1v) is 5.78. The second kappa shape index (κ2) is 3.43. The van der Waals surface area contributed by atoms with Gasteiger partial charge in [0.15, 0.2) is 6.23 Å². The van der Waals surface area contributed by atoms with Crippen molar-refractivity contribution in [3.63, 3.8) is 0 Å². The highest BCUT2D eigenvalue weighted by atomic mass is 16.4. The fourth-order valence-electron chi connectivity index (χ4n) is 2.91. The number of hydrogen-bond acceptors (Lipinski definition) is 3. The molecule has 3 rings (SSSR count). The maximum atomic E-state index is 11.0. The molecule has 0 aromatic carbocycles. The number of aliphatic hydroxyl groups is 1. The van der Waals surface area contributed by atoms with E-state index in [2.05, 4.69) is 4.98 Å². The summed E-state index contributed by atoms with van der Waals surface area (Å²) in [7, 11) is 0. The van der Waals surface area contributed by atoms with Crippen LogP contribution in [-0.2, 0) is 19.4 Å². The van der Waals surface area contributed by atoms with Crippen LogP contribution < -0.4 is 0 Å². The zero-order valence-electron chi connectivity index (χ0n) is 9.60. The van der Waals surface area contributed by atoms with Gasteiger partial charge in [0.25, 0.3) is 0 Å². The molecule has 1 amide bonds. The molecule has 1 unspecified atom stereocenters. The van der Waals surface area contributed by atoms with E-state index in [1.807, 2.05) is 6.92 Å². The van der Waals surface area contributed by atoms with Crippen molar-refractivity contribution in [2.24, 2.45) is 0 Å². The molecule has 0 fully saturated rings. The van der Waals surface area contributed by atoms with Gasteiger partial charge in [0, 0.05) is 11.3 Å². The van der Waals surface area contributed by atoms with Crippen LogP contribution in [0.5, 0.6) is 0 Å². The van der Waals surface area contributed by atoms with Crippen LogP contribution in [0.25, 0.3) is 0 Å². The number of carboxylic acid groups (broad SMARTS) is 1. The number of amides is 1. The minimum absolute atomic E-state index is 0.265. The van der Waals surface area contributed by atoms with Gasteiger partial charge in [-0.15, -0.1) is 0 Å².